The molecule has 2 aliphatic carbocycles. The summed E-state index contributed by atoms with van der Waals surface area (Å²) in [5, 5.41) is 3.85. The fourth-order valence-electron chi connectivity index (χ4n) is 5.11. The highest BCUT2D eigenvalue weighted by Gasteiger charge is 2.66. The number of halogens is 1. The van der Waals surface area contributed by atoms with E-state index in [0.29, 0.717) is 17.6 Å². The van der Waals surface area contributed by atoms with E-state index in [1.54, 1.807) is 0 Å². The standard InChI is InChI=1S/C17H29N3O.HI/c1-12-4-9-20(10-5-12)16(18-2)19-14-13-6-11-21-15(13)17(14)7-3-8-17;/h12-15H,3-11H2,1-2H3,(H,18,19);1H. The lowest BCUT2D eigenvalue weighted by Crippen LogP contribution is -2.72. The van der Waals surface area contributed by atoms with E-state index in [0.717, 1.165) is 37.5 Å². The van der Waals surface area contributed by atoms with Crippen molar-refractivity contribution in [2.24, 2.45) is 22.2 Å². The summed E-state index contributed by atoms with van der Waals surface area (Å²) < 4.78 is 6.02. The summed E-state index contributed by atoms with van der Waals surface area (Å²) in [7, 11) is 1.94. The first kappa shape index (κ1) is 16.8. The Morgan fingerprint density at radius 3 is 2.55 bits per heavy atom. The van der Waals surface area contributed by atoms with E-state index in [2.05, 4.69) is 22.1 Å². The van der Waals surface area contributed by atoms with Crippen molar-refractivity contribution in [2.75, 3.05) is 26.7 Å². The summed E-state index contributed by atoms with van der Waals surface area (Å²) in [6.45, 7) is 5.65. The van der Waals surface area contributed by atoms with Crippen molar-refractivity contribution in [1.82, 2.24) is 10.2 Å². The number of nitrogens with one attached hydrogen (secondary N) is 1. The van der Waals surface area contributed by atoms with Crippen molar-refractivity contribution in [3.8, 4) is 0 Å². The number of fused-ring (bicyclic) bond motifs is 2. The van der Waals surface area contributed by atoms with E-state index < -0.39 is 0 Å². The second-order valence-corrected chi connectivity index (χ2v) is 7.67. The van der Waals surface area contributed by atoms with Crippen LogP contribution in [0.5, 0.6) is 0 Å². The molecule has 3 atom stereocenters. The summed E-state index contributed by atoms with van der Waals surface area (Å²) in [5.41, 5.74) is 0.445. The number of hydrogen-bond acceptors (Lipinski definition) is 2. The Kier molecular flexibility index (Phi) is 4.93. The van der Waals surface area contributed by atoms with Crippen molar-refractivity contribution < 1.29 is 4.74 Å². The molecule has 0 aromatic heterocycles. The molecule has 2 saturated heterocycles. The van der Waals surface area contributed by atoms with Crippen molar-refractivity contribution >= 4 is 29.9 Å². The van der Waals surface area contributed by atoms with Gasteiger partial charge in [-0.2, -0.15) is 0 Å². The van der Waals surface area contributed by atoms with Gasteiger partial charge in [-0.25, -0.2) is 0 Å². The van der Waals surface area contributed by atoms with E-state index in [-0.39, 0.29) is 24.0 Å². The Hall–Kier alpha value is -0.0400. The van der Waals surface area contributed by atoms with Gasteiger partial charge in [-0.3, -0.25) is 4.99 Å². The third-order valence-corrected chi connectivity index (χ3v) is 6.62. The first-order valence-electron chi connectivity index (χ1n) is 8.84. The van der Waals surface area contributed by atoms with Gasteiger partial charge in [0.25, 0.3) is 0 Å². The topological polar surface area (TPSA) is 36.9 Å². The highest BCUT2D eigenvalue weighted by atomic mass is 127. The van der Waals surface area contributed by atoms with Gasteiger partial charge in [0.1, 0.15) is 0 Å². The molecule has 126 valence electrons. The fraction of sp³-hybridized carbons (Fsp3) is 0.941. The Bertz CT molecular complexity index is 430. The van der Waals surface area contributed by atoms with Crippen molar-refractivity contribution in [1.29, 1.82) is 0 Å². The van der Waals surface area contributed by atoms with Gasteiger partial charge in [-0.1, -0.05) is 13.3 Å². The highest BCUT2D eigenvalue weighted by Crippen LogP contribution is 2.62. The van der Waals surface area contributed by atoms with Crippen molar-refractivity contribution in [3.05, 3.63) is 0 Å². The summed E-state index contributed by atoms with van der Waals surface area (Å²) in [6.07, 6.45) is 8.45. The predicted octanol–water partition coefficient (Wildman–Crippen LogP) is 2.87. The lowest BCUT2D eigenvalue weighted by atomic mass is 9.46. The van der Waals surface area contributed by atoms with Crippen molar-refractivity contribution in [3.63, 3.8) is 0 Å². The Morgan fingerprint density at radius 2 is 1.95 bits per heavy atom. The summed E-state index contributed by atoms with van der Waals surface area (Å²) >= 11 is 0. The molecule has 4 aliphatic rings. The van der Waals surface area contributed by atoms with Crippen LogP contribution in [0.25, 0.3) is 0 Å². The second kappa shape index (κ2) is 6.46. The van der Waals surface area contributed by atoms with Crippen LogP contribution in [0.4, 0.5) is 0 Å². The molecule has 2 aliphatic heterocycles. The molecule has 0 amide bonds. The minimum Gasteiger partial charge on any atom is -0.377 e. The molecule has 0 bridgehead atoms. The maximum atomic E-state index is 6.02. The van der Waals surface area contributed by atoms with E-state index in [9.17, 15) is 0 Å². The molecule has 3 unspecified atom stereocenters. The van der Waals surface area contributed by atoms with Gasteiger partial charge in [-0.15, -0.1) is 24.0 Å². The average Bonchev–Trinajstić information content (AvgIpc) is 2.85. The number of nitrogens with zero attached hydrogens (tertiary/aromatic N) is 2. The number of ether oxygens (including phenoxy) is 1. The first-order valence-corrected chi connectivity index (χ1v) is 8.84. The zero-order chi connectivity index (χ0) is 14.4. The molecular formula is C17H30IN3O. The Morgan fingerprint density at radius 1 is 1.23 bits per heavy atom. The molecule has 2 heterocycles. The molecule has 1 spiro atoms. The molecule has 4 nitrogen and oxygen atoms in total. The molecule has 5 heteroatoms. The Labute approximate surface area is 151 Å². The molecule has 2 saturated carbocycles. The summed E-state index contributed by atoms with van der Waals surface area (Å²) in [4.78, 5) is 7.06. The van der Waals surface area contributed by atoms with Crippen LogP contribution < -0.4 is 5.32 Å². The Balaban J connectivity index is 0.00000144. The lowest BCUT2D eigenvalue weighted by Gasteiger charge is -2.63. The van der Waals surface area contributed by atoms with E-state index >= 15 is 0 Å². The molecule has 0 aromatic carbocycles. The summed E-state index contributed by atoms with van der Waals surface area (Å²) in [6, 6.07) is 0.608. The van der Waals surface area contributed by atoms with E-state index in [4.69, 9.17) is 4.74 Å². The lowest BCUT2D eigenvalue weighted by molar-refractivity contribution is -0.171. The molecule has 0 radical (unpaired) electrons. The smallest absolute Gasteiger partial charge is 0.193 e. The average molecular weight is 419 g/mol. The fourth-order valence-corrected chi connectivity index (χ4v) is 5.11. The van der Waals surface area contributed by atoms with Crippen LogP contribution in [0, 0.1) is 17.3 Å². The molecular weight excluding hydrogens is 389 g/mol. The predicted molar refractivity (Wildman–Crippen MR) is 99.8 cm³/mol. The van der Waals surface area contributed by atoms with Gasteiger partial charge in [-0.05, 0) is 38.0 Å². The number of guanidine groups is 1. The maximum absolute atomic E-state index is 6.02. The molecule has 0 aromatic rings. The zero-order valence-electron chi connectivity index (χ0n) is 13.9. The maximum Gasteiger partial charge on any atom is 0.193 e. The third-order valence-electron chi connectivity index (χ3n) is 6.62. The van der Waals surface area contributed by atoms with Crippen LogP contribution >= 0.6 is 24.0 Å². The largest absolute Gasteiger partial charge is 0.377 e. The monoisotopic (exact) mass is 419 g/mol. The first-order chi connectivity index (χ1) is 10.2. The quantitative estimate of drug-likeness (QED) is 0.404. The normalized spacial score (nSPS) is 37.1. The SMILES string of the molecule is CN=C(NC1C2CCOC2C12CCC2)N1CCC(C)CC1.I. The minimum atomic E-state index is 0. The van der Waals surface area contributed by atoms with Gasteiger partial charge in [0.2, 0.25) is 0 Å². The third kappa shape index (κ3) is 2.46. The van der Waals surface area contributed by atoms with Gasteiger partial charge in [0, 0.05) is 44.1 Å². The number of piperidine rings is 1. The van der Waals surface area contributed by atoms with Gasteiger partial charge >= 0.3 is 0 Å². The van der Waals surface area contributed by atoms with Crippen LogP contribution in [0.2, 0.25) is 0 Å². The van der Waals surface area contributed by atoms with Gasteiger partial charge in [0.05, 0.1) is 6.10 Å². The van der Waals surface area contributed by atoms with Crippen LogP contribution in [0.1, 0.15) is 45.4 Å². The van der Waals surface area contributed by atoms with E-state index in [1.165, 1.54) is 38.5 Å². The molecule has 1 N–H and O–H groups in total. The van der Waals surface area contributed by atoms with Gasteiger partial charge in [0.15, 0.2) is 5.96 Å². The van der Waals surface area contributed by atoms with Crippen LogP contribution in [-0.4, -0.2) is 49.7 Å². The van der Waals surface area contributed by atoms with Crippen LogP contribution in [0.3, 0.4) is 0 Å². The molecule has 4 fully saturated rings. The number of rotatable bonds is 1. The molecule has 4 rings (SSSR count). The second-order valence-electron chi connectivity index (χ2n) is 7.67. The van der Waals surface area contributed by atoms with E-state index in [1.807, 2.05) is 7.05 Å². The minimum absolute atomic E-state index is 0. The number of aliphatic imine (C=N–C) groups is 1. The van der Waals surface area contributed by atoms with Gasteiger partial charge < -0.3 is 15.0 Å². The highest BCUT2D eigenvalue weighted by molar-refractivity contribution is 14.0. The summed E-state index contributed by atoms with van der Waals surface area (Å²) in [5.74, 6) is 2.74. The zero-order valence-corrected chi connectivity index (χ0v) is 16.2. The number of likely N-dealkylation sites (tertiary alicyclic amines) is 1. The molecule has 22 heavy (non-hydrogen) atoms. The van der Waals surface area contributed by atoms with Crippen molar-refractivity contribution in [2.45, 2.75) is 57.6 Å². The number of hydrogen-bond donors (Lipinski definition) is 1. The van der Waals surface area contributed by atoms with Crippen LogP contribution in [-0.2, 0) is 4.74 Å². The van der Waals surface area contributed by atoms with Crippen LogP contribution in [0.15, 0.2) is 4.99 Å².